The molecule has 3 aromatic carbocycles. The normalized spacial score (nSPS) is 17.4. The van der Waals surface area contributed by atoms with E-state index in [1.165, 1.54) is 11.1 Å². The van der Waals surface area contributed by atoms with Gasteiger partial charge in [0, 0.05) is 34.9 Å². The number of amides is 1. The molecule has 0 spiro atoms. The molecule has 39 heavy (non-hydrogen) atoms. The molecule has 5 nitrogen and oxygen atoms in total. The molecule has 1 atom stereocenters. The van der Waals surface area contributed by atoms with E-state index in [0.29, 0.717) is 36.3 Å². The van der Waals surface area contributed by atoms with Crippen LogP contribution in [0.4, 0.5) is 5.69 Å². The lowest BCUT2D eigenvalue weighted by molar-refractivity contribution is -0.116. The Morgan fingerprint density at radius 1 is 0.897 bits per heavy atom. The molecular formula is C34H33NO4. The number of carbonyl (C=O) groups excluding carboxylic acids is 2. The molecule has 1 aliphatic heterocycles. The molecule has 5 heteroatoms. The van der Waals surface area contributed by atoms with Crippen molar-refractivity contribution in [2.75, 3.05) is 4.90 Å². The Morgan fingerprint density at radius 2 is 1.51 bits per heavy atom. The minimum atomic E-state index is -0.0543. The molecule has 198 valence electrons. The predicted octanol–water partition coefficient (Wildman–Crippen LogP) is 7.78. The van der Waals surface area contributed by atoms with E-state index in [1.54, 1.807) is 41.3 Å². The number of ketones is 1. The van der Waals surface area contributed by atoms with Crippen LogP contribution >= 0.6 is 0 Å². The first kappa shape index (κ1) is 26.2. The maximum absolute atomic E-state index is 13.0. The fourth-order valence-corrected chi connectivity index (χ4v) is 4.87. The highest BCUT2D eigenvalue weighted by Crippen LogP contribution is 2.32. The number of benzene rings is 3. The Balaban J connectivity index is 1.16. The number of rotatable bonds is 8. The molecule has 3 aromatic rings. The Hall–Kier alpha value is -4.38. The van der Waals surface area contributed by atoms with Crippen molar-refractivity contribution in [3.63, 3.8) is 0 Å². The molecule has 0 bridgehead atoms. The monoisotopic (exact) mass is 519 g/mol. The van der Waals surface area contributed by atoms with Gasteiger partial charge in [-0.25, -0.2) is 0 Å². The average Bonchev–Trinajstić information content (AvgIpc) is 3.30. The lowest BCUT2D eigenvalue weighted by Gasteiger charge is -2.24. The third-order valence-corrected chi connectivity index (χ3v) is 7.62. The quantitative estimate of drug-likeness (QED) is 0.225. The lowest BCUT2D eigenvalue weighted by Crippen LogP contribution is -2.21. The molecule has 1 fully saturated rings. The molecule has 0 N–H and O–H groups in total. The van der Waals surface area contributed by atoms with Gasteiger partial charge < -0.3 is 9.47 Å². The summed E-state index contributed by atoms with van der Waals surface area (Å²) in [6, 6.07) is 22.2. The molecule has 5 rings (SSSR count). The minimum absolute atomic E-state index is 0.0543. The molecule has 1 aliphatic carbocycles. The summed E-state index contributed by atoms with van der Waals surface area (Å²) < 4.78 is 12.0. The molecule has 1 unspecified atom stereocenters. The minimum Gasteiger partial charge on any atom is -0.489 e. The van der Waals surface area contributed by atoms with E-state index in [2.05, 4.69) is 33.4 Å². The maximum atomic E-state index is 13.0. The predicted molar refractivity (Wildman–Crippen MR) is 154 cm³/mol. The smallest absolute Gasteiger partial charge is 0.231 e. The van der Waals surface area contributed by atoms with Gasteiger partial charge in [-0.2, -0.15) is 0 Å². The van der Waals surface area contributed by atoms with Gasteiger partial charge >= 0.3 is 0 Å². The highest BCUT2D eigenvalue weighted by Gasteiger charge is 2.25. The summed E-state index contributed by atoms with van der Waals surface area (Å²) >= 11 is 0. The van der Waals surface area contributed by atoms with Crippen LogP contribution in [0.2, 0.25) is 0 Å². The van der Waals surface area contributed by atoms with Gasteiger partial charge in [-0.1, -0.05) is 36.8 Å². The molecule has 0 saturated carbocycles. The maximum Gasteiger partial charge on any atom is 0.231 e. The van der Waals surface area contributed by atoms with Crippen LogP contribution in [-0.2, 0) is 11.4 Å². The van der Waals surface area contributed by atoms with Crippen molar-refractivity contribution in [3.8, 4) is 11.5 Å². The van der Waals surface area contributed by atoms with Crippen LogP contribution in [0.3, 0.4) is 0 Å². The van der Waals surface area contributed by atoms with E-state index < -0.39 is 0 Å². The van der Waals surface area contributed by atoms with Crippen molar-refractivity contribution < 1.29 is 19.1 Å². The molecule has 2 aliphatic rings. The topological polar surface area (TPSA) is 55.8 Å². The van der Waals surface area contributed by atoms with E-state index in [0.717, 1.165) is 34.9 Å². The standard InChI is InChI=1S/C34H33NO4/c1-22-5-19-32(25(4)24(22)3)39-31-17-11-28(12-18-31)34(37)27-9-15-30(16-10-27)38-21-26-7-13-29(14-8-26)35-23(2)6-20-33(35)36/h7-19,25H,2,5-6,20-21H2,1,3-4H3. The van der Waals surface area contributed by atoms with Crippen LogP contribution in [0.5, 0.6) is 11.5 Å². The fourth-order valence-electron chi connectivity index (χ4n) is 4.87. The summed E-state index contributed by atoms with van der Waals surface area (Å²) in [6.07, 6.45) is 4.26. The number of allylic oxidation sites excluding steroid dienone is 4. The van der Waals surface area contributed by atoms with Crippen LogP contribution in [0, 0.1) is 5.92 Å². The van der Waals surface area contributed by atoms with Gasteiger partial charge in [0.05, 0.1) is 0 Å². The van der Waals surface area contributed by atoms with Crippen molar-refractivity contribution in [2.45, 2.75) is 46.6 Å². The van der Waals surface area contributed by atoms with Crippen LogP contribution in [0.25, 0.3) is 0 Å². The number of hydrogen-bond donors (Lipinski definition) is 0. The van der Waals surface area contributed by atoms with E-state index in [9.17, 15) is 9.59 Å². The second-order valence-electron chi connectivity index (χ2n) is 10.2. The van der Waals surface area contributed by atoms with Crippen molar-refractivity contribution in [3.05, 3.63) is 125 Å². The van der Waals surface area contributed by atoms with Crippen LogP contribution < -0.4 is 14.4 Å². The Morgan fingerprint density at radius 3 is 2.10 bits per heavy atom. The number of anilines is 1. The SMILES string of the molecule is C=C1CCC(=O)N1c1ccc(COc2ccc(C(=O)c3ccc(OC4=CCC(C)=C(C)C4C)cc3)cc2)cc1. The summed E-state index contributed by atoms with van der Waals surface area (Å²) in [5.41, 5.74) is 6.59. The zero-order valence-electron chi connectivity index (χ0n) is 22.7. The molecular weight excluding hydrogens is 486 g/mol. The zero-order valence-corrected chi connectivity index (χ0v) is 22.7. The van der Waals surface area contributed by atoms with Gasteiger partial charge in [0.25, 0.3) is 0 Å². The van der Waals surface area contributed by atoms with E-state index in [-0.39, 0.29) is 17.6 Å². The first-order valence-corrected chi connectivity index (χ1v) is 13.3. The van der Waals surface area contributed by atoms with Crippen molar-refractivity contribution >= 4 is 17.4 Å². The van der Waals surface area contributed by atoms with Gasteiger partial charge in [-0.15, -0.1) is 0 Å². The first-order valence-electron chi connectivity index (χ1n) is 13.3. The molecule has 1 amide bonds. The van der Waals surface area contributed by atoms with Crippen molar-refractivity contribution in [1.29, 1.82) is 0 Å². The zero-order chi connectivity index (χ0) is 27.5. The summed E-state index contributed by atoms with van der Waals surface area (Å²) in [5.74, 6) is 2.64. The second kappa shape index (κ2) is 11.2. The van der Waals surface area contributed by atoms with Crippen molar-refractivity contribution in [1.82, 2.24) is 0 Å². The summed E-state index contributed by atoms with van der Waals surface area (Å²) in [4.78, 5) is 26.8. The second-order valence-corrected chi connectivity index (χ2v) is 10.2. The lowest BCUT2D eigenvalue weighted by atomic mass is 9.89. The summed E-state index contributed by atoms with van der Waals surface area (Å²) in [7, 11) is 0. The van der Waals surface area contributed by atoms with Gasteiger partial charge in [0.2, 0.25) is 5.91 Å². The third-order valence-electron chi connectivity index (χ3n) is 7.62. The highest BCUT2D eigenvalue weighted by atomic mass is 16.5. The Bertz CT molecular complexity index is 1450. The molecule has 0 aromatic heterocycles. The number of nitrogens with zero attached hydrogens (tertiary/aromatic N) is 1. The van der Waals surface area contributed by atoms with Crippen LogP contribution in [0.15, 0.2) is 108 Å². The van der Waals surface area contributed by atoms with E-state index >= 15 is 0 Å². The number of ether oxygens (including phenoxy) is 2. The fraction of sp³-hybridized carbons (Fsp3) is 0.235. The highest BCUT2D eigenvalue weighted by molar-refractivity contribution is 6.09. The van der Waals surface area contributed by atoms with E-state index in [1.807, 2.05) is 36.4 Å². The van der Waals surface area contributed by atoms with Gasteiger partial charge in [0.1, 0.15) is 23.9 Å². The summed E-state index contributed by atoms with van der Waals surface area (Å²) in [6.45, 7) is 10.8. The molecule has 0 radical (unpaired) electrons. The molecule has 1 heterocycles. The van der Waals surface area contributed by atoms with Crippen LogP contribution in [0.1, 0.15) is 61.5 Å². The van der Waals surface area contributed by atoms with Crippen molar-refractivity contribution in [2.24, 2.45) is 5.92 Å². The Labute approximate surface area is 230 Å². The Kier molecular flexibility index (Phi) is 7.51. The van der Waals surface area contributed by atoms with Gasteiger partial charge in [-0.3, -0.25) is 14.5 Å². The average molecular weight is 520 g/mol. The number of carbonyl (C=O) groups is 2. The molecule has 1 saturated heterocycles. The van der Waals surface area contributed by atoms with E-state index in [4.69, 9.17) is 9.47 Å². The number of hydrogen-bond acceptors (Lipinski definition) is 4. The first-order chi connectivity index (χ1) is 18.8. The van der Waals surface area contributed by atoms with Crippen LogP contribution in [-0.4, -0.2) is 11.7 Å². The van der Waals surface area contributed by atoms with Gasteiger partial charge in [-0.05, 0) is 99.0 Å². The van der Waals surface area contributed by atoms with Gasteiger partial charge in [0.15, 0.2) is 5.78 Å². The largest absolute Gasteiger partial charge is 0.489 e. The summed E-state index contributed by atoms with van der Waals surface area (Å²) in [5, 5.41) is 0. The third kappa shape index (κ3) is 5.73.